The minimum Gasteiger partial charge on any atom is -0.505 e. The number of aromatic hydroxyl groups is 1. The van der Waals surface area contributed by atoms with Crippen molar-refractivity contribution >= 4 is 5.91 Å². The summed E-state index contributed by atoms with van der Waals surface area (Å²) < 4.78 is 0. The van der Waals surface area contributed by atoms with Gasteiger partial charge in [-0.25, -0.2) is 0 Å². The summed E-state index contributed by atoms with van der Waals surface area (Å²) in [4.78, 5) is 17.7. The van der Waals surface area contributed by atoms with Gasteiger partial charge in [-0.2, -0.15) is 0 Å². The quantitative estimate of drug-likeness (QED) is 0.823. The zero-order valence-electron chi connectivity index (χ0n) is 10.5. The average molecular weight is 249 g/mol. The van der Waals surface area contributed by atoms with Crippen molar-refractivity contribution < 1.29 is 9.90 Å². The summed E-state index contributed by atoms with van der Waals surface area (Å²) in [6, 6.07) is 1.61. The molecule has 0 aliphatic heterocycles. The Kier molecular flexibility index (Phi) is 3.81. The van der Waals surface area contributed by atoms with Crippen LogP contribution >= 0.6 is 0 Å². The number of carbonyl (C=O) groups is 1. The highest BCUT2D eigenvalue weighted by Gasteiger charge is 2.29. The van der Waals surface area contributed by atoms with E-state index in [1.165, 1.54) is 18.5 Å². The molecular formula is C13H19N3O2. The predicted molar refractivity (Wildman–Crippen MR) is 68.2 cm³/mol. The van der Waals surface area contributed by atoms with Gasteiger partial charge in [0.15, 0.2) is 0 Å². The summed E-state index contributed by atoms with van der Waals surface area (Å²) in [6.07, 6.45) is 6.88. The van der Waals surface area contributed by atoms with Gasteiger partial charge in [0.05, 0.1) is 11.8 Å². The van der Waals surface area contributed by atoms with Gasteiger partial charge in [0.1, 0.15) is 5.75 Å². The van der Waals surface area contributed by atoms with E-state index in [4.69, 9.17) is 5.73 Å². The van der Waals surface area contributed by atoms with Gasteiger partial charge in [-0.3, -0.25) is 9.78 Å². The molecule has 1 heterocycles. The molecule has 2 unspecified atom stereocenters. The number of hydrogen-bond donors (Lipinski definition) is 2. The lowest BCUT2D eigenvalue weighted by atomic mass is 9.90. The van der Waals surface area contributed by atoms with Crippen LogP contribution in [0.5, 0.6) is 5.75 Å². The van der Waals surface area contributed by atoms with Crippen molar-refractivity contribution in [1.82, 2.24) is 9.88 Å². The lowest BCUT2D eigenvalue weighted by molar-refractivity contribution is 0.0669. The fourth-order valence-corrected chi connectivity index (χ4v) is 2.53. The van der Waals surface area contributed by atoms with E-state index >= 15 is 0 Å². The second kappa shape index (κ2) is 5.35. The Morgan fingerprint density at radius 2 is 2.22 bits per heavy atom. The third-order valence-corrected chi connectivity index (χ3v) is 3.63. The number of aromatic nitrogens is 1. The van der Waals surface area contributed by atoms with Gasteiger partial charge in [0.2, 0.25) is 0 Å². The fraction of sp³-hybridized carbons (Fsp3) is 0.538. The molecule has 1 aliphatic rings. The topological polar surface area (TPSA) is 79.5 Å². The Hall–Kier alpha value is -1.62. The largest absolute Gasteiger partial charge is 0.505 e. The van der Waals surface area contributed by atoms with E-state index in [2.05, 4.69) is 4.98 Å². The van der Waals surface area contributed by atoms with Crippen LogP contribution in [0, 0.1) is 0 Å². The summed E-state index contributed by atoms with van der Waals surface area (Å²) in [7, 11) is 1.75. The van der Waals surface area contributed by atoms with Crippen LogP contribution in [0.15, 0.2) is 18.5 Å². The summed E-state index contributed by atoms with van der Waals surface area (Å²) in [5.74, 6) is -0.281. The highest BCUT2D eigenvalue weighted by molar-refractivity contribution is 5.96. The summed E-state index contributed by atoms with van der Waals surface area (Å²) >= 11 is 0. The van der Waals surface area contributed by atoms with Crippen LogP contribution in [0.2, 0.25) is 0 Å². The predicted octanol–water partition coefficient (Wildman–Crippen LogP) is 1.13. The van der Waals surface area contributed by atoms with E-state index in [1.807, 2.05) is 0 Å². The summed E-state index contributed by atoms with van der Waals surface area (Å²) in [5.41, 5.74) is 6.35. The minimum absolute atomic E-state index is 0.0247. The number of pyridine rings is 1. The second-order valence-corrected chi connectivity index (χ2v) is 4.82. The molecule has 1 saturated carbocycles. The Labute approximate surface area is 107 Å². The second-order valence-electron chi connectivity index (χ2n) is 4.82. The van der Waals surface area contributed by atoms with Gasteiger partial charge in [-0.1, -0.05) is 12.8 Å². The third-order valence-electron chi connectivity index (χ3n) is 3.63. The third kappa shape index (κ3) is 2.46. The van der Waals surface area contributed by atoms with E-state index in [0.29, 0.717) is 0 Å². The minimum atomic E-state index is -0.197. The van der Waals surface area contributed by atoms with E-state index < -0.39 is 0 Å². The molecule has 1 aliphatic carbocycles. The molecule has 0 radical (unpaired) electrons. The number of hydrogen-bond acceptors (Lipinski definition) is 4. The number of amides is 1. The van der Waals surface area contributed by atoms with Crippen molar-refractivity contribution in [3.63, 3.8) is 0 Å². The first-order chi connectivity index (χ1) is 8.61. The number of likely N-dealkylation sites (N-methyl/N-ethyl adjacent to an activating group) is 1. The molecule has 5 nitrogen and oxygen atoms in total. The zero-order valence-corrected chi connectivity index (χ0v) is 10.5. The molecule has 2 atom stereocenters. The molecule has 18 heavy (non-hydrogen) atoms. The molecule has 0 aromatic carbocycles. The monoisotopic (exact) mass is 249 g/mol. The first-order valence-corrected chi connectivity index (χ1v) is 6.27. The first-order valence-electron chi connectivity index (χ1n) is 6.27. The molecule has 2 rings (SSSR count). The SMILES string of the molecule is CN(C(=O)c1ccncc1O)C1CCCCC1N. The van der Waals surface area contributed by atoms with Crippen molar-refractivity contribution in [3.8, 4) is 5.75 Å². The van der Waals surface area contributed by atoms with Crippen molar-refractivity contribution in [2.24, 2.45) is 5.73 Å². The van der Waals surface area contributed by atoms with E-state index in [-0.39, 0.29) is 29.3 Å². The Balaban J connectivity index is 2.16. The van der Waals surface area contributed by atoms with Gasteiger partial charge >= 0.3 is 0 Å². The van der Waals surface area contributed by atoms with Crippen LogP contribution in [0.25, 0.3) is 0 Å². The van der Waals surface area contributed by atoms with Gasteiger partial charge in [0.25, 0.3) is 5.91 Å². The summed E-state index contributed by atoms with van der Waals surface area (Å²) in [6.45, 7) is 0. The average Bonchev–Trinajstić information content (AvgIpc) is 2.38. The van der Waals surface area contributed by atoms with Gasteiger partial charge in [0, 0.05) is 25.3 Å². The summed E-state index contributed by atoms with van der Waals surface area (Å²) in [5, 5.41) is 9.65. The molecule has 5 heteroatoms. The van der Waals surface area contributed by atoms with E-state index in [1.54, 1.807) is 11.9 Å². The van der Waals surface area contributed by atoms with Gasteiger partial charge in [-0.15, -0.1) is 0 Å². The molecule has 3 N–H and O–H groups in total. The van der Waals surface area contributed by atoms with Crippen molar-refractivity contribution in [2.45, 2.75) is 37.8 Å². The van der Waals surface area contributed by atoms with Gasteiger partial charge in [-0.05, 0) is 18.9 Å². The molecule has 0 saturated heterocycles. The highest BCUT2D eigenvalue weighted by atomic mass is 16.3. The van der Waals surface area contributed by atoms with Crippen LogP contribution in [0.1, 0.15) is 36.0 Å². The van der Waals surface area contributed by atoms with Crippen molar-refractivity contribution in [2.75, 3.05) is 7.05 Å². The van der Waals surface area contributed by atoms with Crippen LogP contribution in [0.4, 0.5) is 0 Å². The molecule has 0 spiro atoms. The zero-order chi connectivity index (χ0) is 13.1. The van der Waals surface area contributed by atoms with Crippen LogP contribution in [0.3, 0.4) is 0 Å². The maximum Gasteiger partial charge on any atom is 0.257 e. The van der Waals surface area contributed by atoms with Crippen molar-refractivity contribution in [1.29, 1.82) is 0 Å². The lowest BCUT2D eigenvalue weighted by Gasteiger charge is -2.36. The molecule has 1 aromatic rings. The molecule has 1 amide bonds. The fourth-order valence-electron chi connectivity index (χ4n) is 2.53. The maximum atomic E-state index is 12.3. The molecule has 1 aromatic heterocycles. The number of rotatable bonds is 2. The number of carbonyl (C=O) groups excluding carboxylic acids is 1. The maximum absolute atomic E-state index is 12.3. The standard InChI is InChI=1S/C13H19N3O2/c1-16(11-5-3-2-4-10(11)14)13(18)9-6-7-15-8-12(9)17/h6-8,10-11,17H,2-5,14H2,1H3. The molecule has 1 fully saturated rings. The van der Waals surface area contributed by atoms with Crippen LogP contribution < -0.4 is 5.73 Å². The normalized spacial score (nSPS) is 23.7. The molecular weight excluding hydrogens is 230 g/mol. The lowest BCUT2D eigenvalue weighted by Crippen LogP contribution is -2.50. The van der Waals surface area contributed by atoms with Crippen LogP contribution in [-0.2, 0) is 0 Å². The Bertz CT molecular complexity index is 436. The molecule has 0 bridgehead atoms. The highest BCUT2D eigenvalue weighted by Crippen LogP contribution is 2.24. The Morgan fingerprint density at radius 3 is 2.89 bits per heavy atom. The Morgan fingerprint density at radius 1 is 1.50 bits per heavy atom. The van der Waals surface area contributed by atoms with Crippen molar-refractivity contribution in [3.05, 3.63) is 24.0 Å². The smallest absolute Gasteiger partial charge is 0.257 e. The number of nitrogens with zero attached hydrogens (tertiary/aromatic N) is 2. The first kappa shape index (κ1) is 12.8. The van der Waals surface area contributed by atoms with E-state index in [9.17, 15) is 9.90 Å². The van der Waals surface area contributed by atoms with E-state index in [0.717, 1.165) is 25.7 Å². The number of nitrogens with two attached hydrogens (primary N) is 1. The van der Waals surface area contributed by atoms with Crippen LogP contribution in [-0.4, -0.2) is 40.0 Å². The molecule has 98 valence electrons. The van der Waals surface area contributed by atoms with Gasteiger partial charge < -0.3 is 15.7 Å².